The summed E-state index contributed by atoms with van der Waals surface area (Å²) in [6.45, 7) is 0.389. The number of alkyl halides is 2. The Morgan fingerprint density at radius 3 is 2.46 bits per heavy atom. The van der Waals surface area contributed by atoms with Gasteiger partial charge in [0.2, 0.25) is 0 Å². The normalized spacial score (nSPS) is 11.0. The number of nitrogens with zero attached hydrogens (tertiary/aromatic N) is 2. The van der Waals surface area contributed by atoms with Gasteiger partial charge in [0.1, 0.15) is 11.6 Å². The predicted octanol–water partition coefficient (Wildman–Crippen LogP) is 5.14. The van der Waals surface area contributed by atoms with Crippen molar-refractivity contribution in [2.45, 2.75) is 20.5 Å². The monoisotopic (exact) mass is 409 g/mol. The van der Waals surface area contributed by atoms with Crippen LogP contribution in [0.5, 0.6) is 5.75 Å². The Bertz CT molecular complexity index is 1020. The molecule has 0 aliphatic heterocycles. The molecule has 2 aromatic carbocycles. The number of carbonyl (C=O) groups is 1. The van der Waals surface area contributed by atoms with E-state index in [1.807, 2.05) is 0 Å². The fraction of sp³-hybridized carbons (Fsp3) is 0.158. The van der Waals surface area contributed by atoms with E-state index in [-0.39, 0.29) is 16.6 Å². The first-order valence-corrected chi connectivity index (χ1v) is 8.52. The Labute approximate surface area is 163 Å². The van der Waals surface area contributed by atoms with Crippen LogP contribution in [0.4, 0.5) is 18.9 Å². The number of rotatable bonds is 5. The Hall–Kier alpha value is -3.00. The third-order valence-corrected chi connectivity index (χ3v) is 4.29. The summed E-state index contributed by atoms with van der Waals surface area (Å²) in [5, 5.41) is 6.93. The van der Waals surface area contributed by atoms with E-state index in [2.05, 4.69) is 15.2 Å². The molecule has 3 aromatic rings. The van der Waals surface area contributed by atoms with Crippen LogP contribution in [0.1, 0.15) is 21.7 Å². The fourth-order valence-corrected chi connectivity index (χ4v) is 2.99. The number of benzene rings is 2. The van der Waals surface area contributed by atoms with Gasteiger partial charge in [-0.05, 0) is 56.3 Å². The van der Waals surface area contributed by atoms with Gasteiger partial charge >= 0.3 is 6.61 Å². The molecular weight excluding hydrogens is 395 g/mol. The first-order valence-electron chi connectivity index (χ1n) is 8.14. The summed E-state index contributed by atoms with van der Waals surface area (Å²) in [6, 6.07) is 9.66. The van der Waals surface area contributed by atoms with Crippen LogP contribution in [0.15, 0.2) is 42.5 Å². The van der Waals surface area contributed by atoms with Crippen molar-refractivity contribution < 1.29 is 22.7 Å². The maximum atomic E-state index is 13.1. The Kier molecular flexibility index (Phi) is 5.60. The predicted molar refractivity (Wildman–Crippen MR) is 99.0 cm³/mol. The summed E-state index contributed by atoms with van der Waals surface area (Å²) in [5.74, 6) is -1.01. The standard InChI is InChI=1S/C19H15ClF3N3O2/c1-10-17(11(2)26(25-10)14-6-3-12(21)4-7-14)18(27)24-13-5-8-16(15(20)9-13)28-19(22)23/h3-9,19H,1-2H3,(H,24,27). The zero-order chi connectivity index (χ0) is 20.4. The summed E-state index contributed by atoms with van der Waals surface area (Å²) >= 11 is 5.91. The van der Waals surface area contributed by atoms with Crippen LogP contribution in [0.2, 0.25) is 5.02 Å². The lowest BCUT2D eigenvalue weighted by atomic mass is 10.1. The number of nitrogens with one attached hydrogen (secondary N) is 1. The minimum Gasteiger partial charge on any atom is -0.433 e. The van der Waals surface area contributed by atoms with Gasteiger partial charge < -0.3 is 10.1 Å². The lowest BCUT2D eigenvalue weighted by Crippen LogP contribution is -2.14. The van der Waals surface area contributed by atoms with E-state index in [9.17, 15) is 18.0 Å². The number of aromatic nitrogens is 2. The topological polar surface area (TPSA) is 56.2 Å². The molecule has 0 aliphatic carbocycles. The maximum Gasteiger partial charge on any atom is 0.387 e. The van der Waals surface area contributed by atoms with E-state index in [1.54, 1.807) is 26.0 Å². The van der Waals surface area contributed by atoms with Crippen molar-refractivity contribution in [3.63, 3.8) is 0 Å². The molecule has 9 heteroatoms. The van der Waals surface area contributed by atoms with Gasteiger partial charge in [0.15, 0.2) is 0 Å². The van der Waals surface area contributed by atoms with Crippen LogP contribution in [-0.4, -0.2) is 22.3 Å². The number of amides is 1. The number of carbonyl (C=O) groups excluding carboxylic acids is 1. The highest BCUT2D eigenvalue weighted by atomic mass is 35.5. The number of hydrogen-bond acceptors (Lipinski definition) is 3. The highest BCUT2D eigenvalue weighted by Gasteiger charge is 2.20. The first-order chi connectivity index (χ1) is 13.3. The molecule has 28 heavy (non-hydrogen) atoms. The molecule has 3 rings (SSSR count). The second kappa shape index (κ2) is 7.93. The highest BCUT2D eigenvalue weighted by molar-refractivity contribution is 6.32. The molecule has 1 heterocycles. The van der Waals surface area contributed by atoms with Crippen molar-refractivity contribution >= 4 is 23.2 Å². The Morgan fingerprint density at radius 1 is 1.18 bits per heavy atom. The van der Waals surface area contributed by atoms with Crippen molar-refractivity contribution in [3.05, 3.63) is 70.3 Å². The third-order valence-electron chi connectivity index (χ3n) is 4.00. The van der Waals surface area contributed by atoms with E-state index in [1.165, 1.54) is 35.0 Å². The quantitative estimate of drug-likeness (QED) is 0.635. The van der Waals surface area contributed by atoms with Gasteiger partial charge in [0.25, 0.3) is 5.91 Å². The van der Waals surface area contributed by atoms with Crippen molar-refractivity contribution in [1.82, 2.24) is 9.78 Å². The molecule has 0 saturated carbocycles. The highest BCUT2D eigenvalue weighted by Crippen LogP contribution is 2.29. The van der Waals surface area contributed by atoms with Crippen LogP contribution in [0.25, 0.3) is 5.69 Å². The van der Waals surface area contributed by atoms with Crippen molar-refractivity contribution in [1.29, 1.82) is 0 Å². The second-order valence-electron chi connectivity index (χ2n) is 5.91. The van der Waals surface area contributed by atoms with Crippen LogP contribution < -0.4 is 10.1 Å². The van der Waals surface area contributed by atoms with Gasteiger partial charge in [0, 0.05) is 5.69 Å². The zero-order valence-corrected chi connectivity index (χ0v) is 15.6. The summed E-state index contributed by atoms with van der Waals surface area (Å²) in [7, 11) is 0. The number of ether oxygens (including phenoxy) is 1. The Balaban J connectivity index is 1.85. The smallest absolute Gasteiger partial charge is 0.387 e. The third kappa shape index (κ3) is 4.12. The van der Waals surface area contributed by atoms with Crippen molar-refractivity contribution in [2.24, 2.45) is 0 Å². The largest absolute Gasteiger partial charge is 0.433 e. The minimum atomic E-state index is -3.00. The van der Waals surface area contributed by atoms with Crippen LogP contribution in [-0.2, 0) is 0 Å². The molecule has 0 fully saturated rings. The average Bonchev–Trinajstić information content (AvgIpc) is 2.92. The first kappa shape index (κ1) is 19.8. The van der Waals surface area contributed by atoms with Gasteiger partial charge in [-0.1, -0.05) is 11.6 Å². The number of anilines is 1. The van der Waals surface area contributed by atoms with Gasteiger partial charge in [-0.15, -0.1) is 0 Å². The lowest BCUT2D eigenvalue weighted by Gasteiger charge is -2.10. The molecule has 0 bridgehead atoms. The van der Waals surface area contributed by atoms with E-state index >= 15 is 0 Å². The molecule has 1 N–H and O–H groups in total. The maximum absolute atomic E-state index is 13.1. The molecule has 0 saturated heterocycles. The van der Waals surface area contributed by atoms with Crippen LogP contribution >= 0.6 is 11.6 Å². The van der Waals surface area contributed by atoms with E-state index < -0.39 is 12.5 Å². The number of hydrogen-bond donors (Lipinski definition) is 1. The molecule has 5 nitrogen and oxygen atoms in total. The van der Waals surface area contributed by atoms with E-state index in [0.29, 0.717) is 28.3 Å². The van der Waals surface area contributed by atoms with Crippen molar-refractivity contribution in [2.75, 3.05) is 5.32 Å². The molecule has 146 valence electrons. The fourth-order valence-electron chi connectivity index (χ4n) is 2.77. The lowest BCUT2D eigenvalue weighted by molar-refractivity contribution is -0.0497. The number of aryl methyl sites for hydroxylation is 1. The van der Waals surface area contributed by atoms with Crippen molar-refractivity contribution in [3.8, 4) is 11.4 Å². The number of halogens is 4. The molecule has 0 radical (unpaired) electrons. The van der Waals surface area contributed by atoms with Gasteiger partial charge in [-0.25, -0.2) is 9.07 Å². The van der Waals surface area contributed by atoms with E-state index in [4.69, 9.17) is 11.6 Å². The average molecular weight is 410 g/mol. The van der Waals surface area contributed by atoms with E-state index in [0.717, 1.165) is 0 Å². The van der Waals surface area contributed by atoms with Crippen LogP contribution in [0.3, 0.4) is 0 Å². The molecular formula is C19H15ClF3N3O2. The van der Waals surface area contributed by atoms with Crippen LogP contribution in [0, 0.1) is 19.7 Å². The Morgan fingerprint density at radius 2 is 1.86 bits per heavy atom. The summed E-state index contributed by atoms with van der Waals surface area (Å²) < 4.78 is 43.6. The molecule has 1 amide bonds. The van der Waals surface area contributed by atoms with Gasteiger partial charge in [-0.2, -0.15) is 13.9 Å². The minimum absolute atomic E-state index is 0.0615. The summed E-state index contributed by atoms with van der Waals surface area (Å²) in [6.07, 6.45) is 0. The molecule has 1 aromatic heterocycles. The van der Waals surface area contributed by atoms with Gasteiger partial charge in [-0.3, -0.25) is 4.79 Å². The van der Waals surface area contributed by atoms with Gasteiger partial charge in [0.05, 0.1) is 27.7 Å². The molecule has 0 spiro atoms. The zero-order valence-electron chi connectivity index (χ0n) is 14.8. The second-order valence-corrected chi connectivity index (χ2v) is 6.32. The summed E-state index contributed by atoms with van der Waals surface area (Å²) in [4.78, 5) is 12.7. The molecule has 0 aliphatic rings. The SMILES string of the molecule is Cc1nn(-c2ccc(F)cc2)c(C)c1C(=O)Nc1ccc(OC(F)F)c(Cl)c1. The molecule has 0 atom stereocenters. The molecule has 0 unspecified atom stereocenters. The summed E-state index contributed by atoms with van der Waals surface area (Å²) in [5.41, 5.74) is 2.30.